The van der Waals surface area contributed by atoms with E-state index in [2.05, 4.69) is 5.32 Å². The van der Waals surface area contributed by atoms with E-state index >= 15 is 0 Å². The second-order valence-corrected chi connectivity index (χ2v) is 10.9. The molecule has 3 heterocycles. The molecule has 0 bridgehead atoms. The average molecular weight is 525 g/mol. The Balaban J connectivity index is 1.34. The second-order valence-electron chi connectivity index (χ2n) is 9.97. The molecular formula is C28H36N4O4S. The van der Waals surface area contributed by atoms with Crippen LogP contribution in [0.4, 0.5) is 0 Å². The quantitative estimate of drug-likeness (QED) is 0.408. The van der Waals surface area contributed by atoms with Crippen molar-refractivity contribution in [2.45, 2.75) is 84.5 Å². The molecule has 3 aromatic rings. The van der Waals surface area contributed by atoms with Crippen molar-refractivity contribution in [2.75, 3.05) is 6.54 Å². The molecule has 198 valence electrons. The summed E-state index contributed by atoms with van der Waals surface area (Å²) >= 11 is 1.30. The van der Waals surface area contributed by atoms with Crippen LogP contribution in [-0.2, 0) is 29.2 Å². The Labute approximate surface area is 220 Å². The van der Waals surface area contributed by atoms with Gasteiger partial charge in [0, 0.05) is 32.1 Å². The summed E-state index contributed by atoms with van der Waals surface area (Å²) in [7, 11) is 0. The van der Waals surface area contributed by atoms with E-state index in [1.807, 2.05) is 43.0 Å². The SMILES string of the molecule is Cc1ccc(CNC(=O)CCCCCn2c(=O)c3sccc3n(CC(=O)N3CCCC[C@H]3C)c2=O)cc1. The molecule has 2 amide bonds. The summed E-state index contributed by atoms with van der Waals surface area (Å²) in [6, 6.07) is 9.96. The highest BCUT2D eigenvalue weighted by Crippen LogP contribution is 2.19. The zero-order valence-electron chi connectivity index (χ0n) is 21.7. The van der Waals surface area contributed by atoms with Crippen LogP contribution in [0.3, 0.4) is 0 Å². The average Bonchev–Trinajstić information content (AvgIpc) is 3.38. The number of likely N-dealkylation sites (tertiary alicyclic amines) is 1. The number of carbonyl (C=O) groups excluding carboxylic acids is 2. The molecule has 1 fully saturated rings. The molecule has 1 aromatic carbocycles. The van der Waals surface area contributed by atoms with Gasteiger partial charge in [-0.3, -0.25) is 23.5 Å². The van der Waals surface area contributed by atoms with E-state index in [1.165, 1.54) is 26.0 Å². The van der Waals surface area contributed by atoms with Crippen LogP contribution < -0.4 is 16.6 Å². The molecule has 0 spiro atoms. The topological polar surface area (TPSA) is 93.4 Å². The molecule has 1 aliphatic heterocycles. The highest BCUT2D eigenvalue weighted by Gasteiger charge is 2.25. The first kappa shape index (κ1) is 26.9. The highest BCUT2D eigenvalue weighted by molar-refractivity contribution is 7.17. The van der Waals surface area contributed by atoms with Gasteiger partial charge in [0.2, 0.25) is 11.8 Å². The second kappa shape index (κ2) is 12.4. The van der Waals surface area contributed by atoms with Gasteiger partial charge in [0.05, 0.1) is 5.52 Å². The van der Waals surface area contributed by atoms with E-state index in [4.69, 9.17) is 0 Å². The van der Waals surface area contributed by atoms with Crippen LogP contribution in [0.2, 0.25) is 0 Å². The Morgan fingerprint density at radius 1 is 1.03 bits per heavy atom. The molecule has 1 N–H and O–H groups in total. The zero-order chi connectivity index (χ0) is 26.4. The number of hydrogen-bond donors (Lipinski definition) is 1. The molecule has 4 rings (SSSR count). The van der Waals surface area contributed by atoms with Crippen molar-refractivity contribution in [1.29, 1.82) is 0 Å². The Kier molecular flexibility index (Phi) is 8.97. The lowest BCUT2D eigenvalue weighted by atomic mass is 10.0. The van der Waals surface area contributed by atoms with Gasteiger partial charge in [-0.1, -0.05) is 36.2 Å². The molecule has 0 radical (unpaired) electrons. The van der Waals surface area contributed by atoms with E-state index in [1.54, 1.807) is 11.4 Å². The predicted octanol–water partition coefficient (Wildman–Crippen LogP) is 3.81. The van der Waals surface area contributed by atoms with Gasteiger partial charge in [0.15, 0.2) is 0 Å². The van der Waals surface area contributed by atoms with Crippen molar-refractivity contribution in [1.82, 2.24) is 19.4 Å². The van der Waals surface area contributed by atoms with Crippen LogP contribution in [0.15, 0.2) is 45.3 Å². The van der Waals surface area contributed by atoms with Gasteiger partial charge in [0.1, 0.15) is 11.2 Å². The maximum Gasteiger partial charge on any atom is 0.332 e. The number of hydrogen-bond acceptors (Lipinski definition) is 5. The summed E-state index contributed by atoms with van der Waals surface area (Å²) in [5, 5.41) is 4.72. The number of fused-ring (bicyclic) bond motifs is 1. The number of thiophene rings is 1. The van der Waals surface area contributed by atoms with Gasteiger partial charge in [-0.25, -0.2) is 4.79 Å². The summed E-state index contributed by atoms with van der Waals surface area (Å²) in [5.41, 5.74) is 2.03. The van der Waals surface area contributed by atoms with Crippen molar-refractivity contribution >= 4 is 33.4 Å². The minimum absolute atomic E-state index is 0.00874. The van der Waals surface area contributed by atoms with Crippen LogP contribution in [0.25, 0.3) is 10.2 Å². The van der Waals surface area contributed by atoms with Crippen molar-refractivity contribution in [3.63, 3.8) is 0 Å². The predicted molar refractivity (Wildman–Crippen MR) is 147 cm³/mol. The number of aromatic nitrogens is 2. The lowest BCUT2D eigenvalue weighted by Crippen LogP contribution is -2.46. The third-order valence-electron chi connectivity index (χ3n) is 7.15. The third-order valence-corrected chi connectivity index (χ3v) is 8.04. The Morgan fingerprint density at radius 3 is 2.57 bits per heavy atom. The van der Waals surface area contributed by atoms with Crippen LogP contribution in [-0.4, -0.2) is 38.4 Å². The Morgan fingerprint density at radius 2 is 1.81 bits per heavy atom. The fourth-order valence-electron chi connectivity index (χ4n) is 4.91. The molecule has 1 aliphatic rings. The first-order chi connectivity index (χ1) is 17.8. The number of unbranched alkanes of at least 4 members (excludes halogenated alkanes) is 2. The smallest absolute Gasteiger partial charge is 0.332 e. The normalized spacial score (nSPS) is 15.7. The van der Waals surface area contributed by atoms with Crippen molar-refractivity contribution < 1.29 is 9.59 Å². The van der Waals surface area contributed by atoms with Gasteiger partial charge in [-0.05, 0) is 63.0 Å². The van der Waals surface area contributed by atoms with Gasteiger partial charge in [-0.15, -0.1) is 11.3 Å². The molecular weight excluding hydrogens is 488 g/mol. The minimum Gasteiger partial charge on any atom is -0.352 e. The van der Waals surface area contributed by atoms with Crippen LogP contribution in [0.1, 0.15) is 63.0 Å². The molecule has 37 heavy (non-hydrogen) atoms. The Hall–Kier alpha value is -3.20. The first-order valence-electron chi connectivity index (χ1n) is 13.2. The molecule has 1 saturated heterocycles. The van der Waals surface area contributed by atoms with Crippen LogP contribution in [0, 0.1) is 6.92 Å². The molecule has 8 nitrogen and oxygen atoms in total. The largest absolute Gasteiger partial charge is 0.352 e. The lowest BCUT2D eigenvalue weighted by molar-refractivity contribution is -0.135. The number of rotatable bonds is 10. The van der Waals surface area contributed by atoms with Gasteiger partial charge in [0.25, 0.3) is 5.56 Å². The third kappa shape index (κ3) is 6.57. The highest BCUT2D eigenvalue weighted by atomic mass is 32.1. The fourth-order valence-corrected chi connectivity index (χ4v) is 5.75. The number of nitrogens with zero attached hydrogens (tertiary/aromatic N) is 3. The summed E-state index contributed by atoms with van der Waals surface area (Å²) < 4.78 is 3.20. The minimum atomic E-state index is -0.440. The van der Waals surface area contributed by atoms with Crippen molar-refractivity contribution in [3.05, 3.63) is 67.7 Å². The Bertz CT molecular complexity index is 1360. The standard InChI is InChI=1S/C28H36N4O4S/c1-20-10-12-22(13-11-20)18-29-24(33)9-4-3-6-16-31-27(35)26-23(14-17-37-26)32(28(31)36)19-25(34)30-15-7-5-8-21(30)2/h10-14,17,21H,3-9,15-16,18-19H2,1-2H3,(H,29,33)/t21-/m1/s1. The lowest BCUT2D eigenvalue weighted by Gasteiger charge is -2.33. The monoisotopic (exact) mass is 524 g/mol. The number of amides is 2. The van der Waals surface area contributed by atoms with Gasteiger partial charge >= 0.3 is 5.69 Å². The van der Waals surface area contributed by atoms with E-state index in [-0.39, 0.29) is 36.5 Å². The summed E-state index contributed by atoms with van der Waals surface area (Å²) in [6.45, 7) is 5.50. The number of nitrogens with one attached hydrogen (secondary N) is 1. The molecule has 1 atom stereocenters. The van der Waals surface area contributed by atoms with Gasteiger partial charge in [-0.2, -0.15) is 0 Å². The fraction of sp³-hybridized carbons (Fsp3) is 0.500. The number of aryl methyl sites for hydroxylation is 1. The van der Waals surface area contributed by atoms with E-state index in [0.29, 0.717) is 42.6 Å². The summed E-state index contributed by atoms with van der Waals surface area (Å²) in [6.07, 6.45) is 5.46. The summed E-state index contributed by atoms with van der Waals surface area (Å²) in [4.78, 5) is 53.4. The van der Waals surface area contributed by atoms with Crippen LogP contribution in [0.5, 0.6) is 0 Å². The molecule has 0 unspecified atom stereocenters. The number of piperidine rings is 1. The zero-order valence-corrected chi connectivity index (χ0v) is 22.5. The number of carbonyl (C=O) groups is 2. The van der Waals surface area contributed by atoms with Gasteiger partial charge < -0.3 is 10.2 Å². The van der Waals surface area contributed by atoms with E-state index in [0.717, 1.165) is 31.2 Å². The molecule has 2 aromatic heterocycles. The first-order valence-corrected chi connectivity index (χ1v) is 14.1. The number of benzene rings is 1. The summed E-state index contributed by atoms with van der Waals surface area (Å²) in [5.74, 6) is -0.0887. The van der Waals surface area contributed by atoms with Crippen molar-refractivity contribution in [2.24, 2.45) is 0 Å². The maximum absolute atomic E-state index is 13.3. The van der Waals surface area contributed by atoms with E-state index < -0.39 is 5.69 Å². The van der Waals surface area contributed by atoms with E-state index in [9.17, 15) is 19.2 Å². The van der Waals surface area contributed by atoms with Crippen LogP contribution >= 0.6 is 11.3 Å². The molecule has 9 heteroatoms. The molecule has 0 saturated carbocycles. The molecule has 0 aliphatic carbocycles. The maximum atomic E-state index is 13.3. The van der Waals surface area contributed by atoms with Crippen molar-refractivity contribution in [3.8, 4) is 0 Å².